The van der Waals surface area contributed by atoms with Crippen molar-refractivity contribution in [3.05, 3.63) is 53.6 Å². The second kappa shape index (κ2) is 9.76. The fourth-order valence-electron chi connectivity index (χ4n) is 3.27. The van der Waals surface area contributed by atoms with Gasteiger partial charge in [0.1, 0.15) is 5.82 Å². The molecule has 2 atom stereocenters. The summed E-state index contributed by atoms with van der Waals surface area (Å²) in [5, 5.41) is 11.8. The average Bonchev–Trinajstić information content (AvgIpc) is 3.41. The summed E-state index contributed by atoms with van der Waals surface area (Å²) in [5.41, 5.74) is 1.20. The van der Waals surface area contributed by atoms with Crippen LogP contribution < -0.4 is 5.32 Å². The predicted molar refractivity (Wildman–Crippen MR) is 118 cm³/mol. The highest BCUT2D eigenvalue weighted by Crippen LogP contribution is 2.30. The van der Waals surface area contributed by atoms with Gasteiger partial charge in [-0.3, -0.25) is 9.36 Å². The molecule has 0 spiro atoms. The Bertz CT molecular complexity index is 1060. The van der Waals surface area contributed by atoms with E-state index < -0.39 is 5.25 Å². The summed E-state index contributed by atoms with van der Waals surface area (Å²) in [6.45, 7) is 3.07. The lowest BCUT2D eigenvalue weighted by molar-refractivity contribution is -0.115. The van der Waals surface area contributed by atoms with Gasteiger partial charge in [-0.15, -0.1) is 10.2 Å². The highest BCUT2D eigenvalue weighted by molar-refractivity contribution is 8.00. The molecule has 1 N–H and O–H groups in total. The second-order valence-electron chi connectivity index (χ2n) is 7.15. The molecule has 3 aromatic rings. The van der Waals surface area contributed by atoms with Crippen molar-refractivity contribution in [2.24, 2.45) is 0 Å². The summed E-state index contributed by atoms with van der Waals surface area (Å²) < 4.78 is 21.1. The molecule has 2 unspecified atom stereocenters. The summed E-state index contributed by atoms with van der Waals surface area (Å²) in [4.78, 5) is 16.7. The first-order valence-electron chi connectivity index (χ1n) is 9.90. The molecule has 7 nitrogen and oxygen atoms in total. The van der Waals surface area contributed by atoms with Gasteiger partial charge in [0.2, 0.25) is 5.91 Å². The molecular weight excluding hydrogens is 441 g/mol. The zero-order chi connectivity index (χ0) is 21.8. The molecule has 4 rings (SSSR count). The molecule has 0 radical (unpaired) electrons. The normalized spacial score (nSPS) is 16.9. The number of halogens is 2. The lowest BCUT2D eigenvalue weighted by atomic mass is 10.2. The van der Waals surface area contributed by atoms with Crippen molar-refractivity contribution in [2.45, 2.75) is 42.8 Å². The maximum absolute atomic E-state index is 13.4. The van der Waals surface area contributed by atoms with Gasteiger partial charge in [-0.25, -0.2) is 9.37 Å². The van der Waals surface area contributed by atoms with Crippen LogP contribution in [0.15, 0.2) is 47.8 Å². The number of pyridine rings is 1. The Balaban J connectivity index is 1.55. The van der Waals surface area contributed by atoms with Crippen LogP contribution >= 0.6 is 23.4 Å². The molecule has 1 aliphatic rings. The fourth-order valence-corrected chi connectivity index (χ4v) is 4.30. The van der Waals surface area contributed by atoms with E-state index in [9.17, 15) is 9.18 Å². The number of carbonyl (C=O) groups excluding carboxylic acids is 1. The first-order valence-corrected chi connectivity index (χ1v) is 11.2. The number of nitrogens with one attached hydrogen (secondary N) is 1. The topological polar surface area (TPSA) is 81.9 Å². The van der Waals surface area contributed by atoms with Crippen LogP contribution in [0.3, 0.4) is 0 Å². The number of aromatic nitrogens is 4. The summed E-state index contributed by atoms with van der Waals surface area (Å²) in [5.74, 6) is 0.0682. The van der Waals surface area contributed by atoms with E-state index in [0.29, 0.717) is 23.2 Å². The van der Waals surface area contributed by atoms with Crippen molar-refractivity contribution in [1.29, 1.82) is 0 Å². The van der Waals surface area contributed by atoms with Crippen molar-refractivity contribution < 1.29 is 13.9 Å². The SMILES string of the molecule is CC(Sc1nnc(-c2ccc(F)cc2)n1CC1CCCO1)C(=O)Nc1cccnc1Cl. The largest absolute Gasteiger partial charge is 0.376 e. The Morgan fingerprint density at radius 1 is 1.35 bits per heavy atom. The Labute approximate surface area is 188 Å². The second-order valence-corrected chi connectivity index (χ2v) is 8.82. The Kier molecular flexibility index (Phi) is 6.84. The zero-order valence-corrected chi connectivity index (χ0v) is 18.4. The summed E-state index contributed by atoms with van der Waals surface area (Å²) in [7, 11) is 0. The summed E-state index contributed by atoms with van der Waals surface area (Å²) in [6.07, 6.45) is 3.56. The van der Waals surface area contributed by atoms with E-state index in [1.807, 2.05) is 4.57 Å². The highest BCUT2D eigenvalue weighted by Gasteiger charge is 2.25. The smallest absolute Gasteiger partial charge is 0.237 e. The third-order valence-electron chi connectivity index (χ3n) is 4.90. The number of anilines is 1. The van der Waals surface area contributed by atoms with E-state index in [1.165, 1.54) is 23.9 Å². The molecule has 0 aliphatic carbocycles. The van der Waals surface area contributed by atoms with E-state index in [0.717, 1.165) is 25.0 Å². The molecule has 1 aliphatic heterocycles. The fraction of sp³-hybridized carbons (Fsp3) is 0.333. The zero-order valence-electron chi connectivity index (χ0n) is 16.8. The molecule has 10 heteroatoms. The maximum atomic E-state index is 13.4. The van der Waals surface area contributed by atoms with Crippen molar-refractivity contribution in [3.8, 4) is 11.4 Å². The number of hydrogen-bond donors (Lipinski definition) is 1. The van der Waals surface area contributed by atoms with E-state index in [2.05, 4.69) is 20.5 Å². The quantitative estimate of drug-likeness (QED) is 0.414. The Morgan fingerprint density at radius 3 is 2.87 bits per heavy atom. The van der Waals surface area contributed by atoms with Gasteiger partial charge >= 0.3 is 0 Å². The van der Waals surface area contributed by atoms with Gasteiger partial charge in [-0.1, -0.05) is 23.4 Å². The molecule has 1 aromatic carbocycles. The van der Waals surface area contributed by atoms with Crippen molar-refractivity contribution >= 4 is 35.0 Å². The van der Waals surface area contributed by atoms with Gasteiger partial charge in [0.05, 0.1) is 23.6 Å². The van der Waals surface area contributed by atoms with Gasteiger partial charge in [-0.05, 0) is 56.2 Å². The van der Waals surface area contributed by atoms with E-state index in [1.54, 1.807) is 37.4 Å². The molecule has 1 saturated heterocycles. The number of nitrogens with zero attached hydrogens (tertiary/aromatic N) is 4. The number of carbonyl (C=O) groups is 1. The number of rotatable bonds is 7. The monoisotopic (exact) mass is 461 g/mol. The Morgan fingerprint density at radius 2 is 2.16 bits per heavy atom. The highest BCUT2D eigenvalue weighted by atomic mass is 35.5. The molecule has 0 saturated carbocycles. The van der Waals surface area contributed by atoms with Crippen LogP contribution in [-0.4, -0.2) is 43.6 Å². The summed E-state index contributed by atoms with van der Waals surface area (Å²) in [6, 6.07) is 9.51. The number of hydrogen-bond acceptors (Lipinski definition) is 6. The van der Waals surface area contributed by atoms with Crippen LogP contribution in [0.4, 0.5) is 10.1 Å². The van der Waals surface area contributed by atoms with E-state index in [-0.39, 0.29) is 23.0 Å². The molecule has 0 bridgehead atoms. The molecule has 1 fully saturated rings. The summed E-state index contributed by atoms with van der Waals surface area (Å²) >= 11 is 7.33. The first-order chi connectivity index (χ1) is 15.0. The molecule has 2 aromatic heterocycles. The number of thioether (sulfide) groups is 1. The lowest BCUT2D eigenvalue weighted by Crippen LogP contribution is -2.24. The Hall–Kier alpha value is -2.49. The van der Waals surface area contributed by atoms with Gasteiger partial charge in [0.25, 0.3) is 0 Å². The third kappa shape index (κ3) is 5.23. The van der Waals surface area contributed by atoms with Crippen molar-refractivity contribution in [3.63, 3.8) is 0 Å². The van der Waals surface area contributed by atoms with E-state index >= 15 is 0 Å². The van der Waals surface area contributed by atoms with Gasteiger partial charge < -0.3 is 10.1 Å². The minimum absolute atomic E-state index is 0.0490. The predicted octanol–water partition coefficient (Wildman–Crippen LogP) is 4.43. The maximum Gasteiger partial charge on any atom is 0.237 e. The van der Waals surface area contributed by atoms with Crippen molar-refractivity contribution in [2.75, 3.05) is 11.9 Å². The van der Waals surface area contributed by atoms with Gasteiger partial charge in [-0.2, -0.15) is 0 Å². The molecular formula is C21H21ClFN5O2S. The standard InChI is InChI=1S/C21H21ClFN5O2S/c1-13(20(29)25-17-5-2-10-24-18(17)22)31-21-27-26-19(14-6-8-15(23)9-7-14)28(21)12-16-4-3-11-30-16/h2,5-10,13,16H,3-4,11-12H2,1H3,(H,25,29). The van der Waals surface area contributed by atoms with Crippen LogP contribution in [0.1, 0.15) is 19.8 Å². The minimum Gasteiger partial charge on any atom is -0.376 e. The number of ether oxygens (including phenoxy) is 1. The first kappa shape index (κ1) is 21.7. The number of benzene rings is 1. The van der Waals surface area contributed by atoms with Crippen LogP contribution in [-0.2, 0) is 16.1 Å². The third-order valence-corrected chi connectivity index (χ3v) is 6.28. The van der Waals surface area contributed by atoms with Crippen LogP contribution in [0, 0.1) is 5.82 Å². The average molecular weight is 462 g/mol. The van der Waals surface area contributed by atoms with Crippen LogP contribution in [0.5, 0.6) is 0 Å². The van der Waals surface area contributed by atoms with Crippen LogP contribution in [0.2, 0.25) is 5.15 Å². The van der Waals surface area contributed by atoms with Crippen LogP contribution in [0.25, 0.3) is 11.4 Å². The van der Waals surface area contributed by atoms with Crippen molar-refractivity contribution in [1.82, 2.24) is 19.7 Å². The molecule has 1 amide bonds. The van der Waals surface area contributed by atoms with Gasteiger partial charge in [0, 0.05) is 18.4 Å². The molecule has 162 valence electrons. The van der Waals surface area contributed by atoms with E-state index in [4.69, 9.17) is 16.3 Å². The molecule has 3 heterocycles. The minimum atomic E-state index is -0.468. The van der Waals surface area contributed by atoms with Gasteiger partial charge in [0.15, 0.2) is 16.1 Å². The molecule has 31 heavy (non-hydrogen) atoms. The lowest BCUT2D eigenvalue weighted by Gasteiger charge is -2.16. The number of amides is 1.